The fourth-order valence-corrected chi connectivity index (χ4v) is 9.78. The number of carbonyl (C=O) groups is 1. The number of aliphatic hydroxyl groups is 1. The van der Waals surface area contributed by atoms with Gasteiger partial charge in [0.1, 0.15) is 22.6 Å². The number of pyridine rings is 1. The second-order valence-electron chi connectivity index (χ2n) is 17.4. The zero-order valence-corrected chi connectivity index (χ0v) is 35.6. The number of anilines is 4. The van der Waals surface area contributed by atoms with Crippen molar-refractivity contribution < 1.29 is 32.2 Å². The molecule has 0 saturated carbocycles. The molecule has 5 atom stereocenters. The first-order valence-electron chi connectivity index (χ1n) is 21.1. The number of alkyl halides is 2. The molecule has 4 aliphatic rings. The summed E-state index contributed by atoms with van der Waals surface area (Å²) < 4.78 is 69.2. The van der Waals surface area contributed by atoms with Crippen molar-refractivity contribution in [2.75, 3.05) is 54.9 Å². The minimum atomic E-state index is -3.26. The zero-order valence-electron chi connectivity index (χ0n) is 34.8. The van der Waals surface area contributed by atoms with Gasteiger partial charge in [-0.05, 0) is 81.5 Å². The van der Waals surface area contributed by atoms with Crippen LogP contribution in [0.4, 0.5) is 40.7 Å². The van der Waals surface area contributed by atoms with Crippen LogP contribution in [0.25, 0.3) is 21.8 Å². The highest BCUT2D eigenvalue weighted by Gasteiger charge is 2.42. The van der Waals surface area contributed by atoms with Gasteiger partial charge in [-0.1, -0.05) is 30.7 Å². The average molecular weight is 881 g/mol. The predicted octanol–water partition coefficient (Wildman–Crippen LogP) is 6.37. The molecule has 4 unspecified atom stereocenters. The number of likely N-dealkylation sites (tertiary alicyclic amines) is 1. The molecule has 0 radical (unpaired) electrons. The van der Waals surface area contributed by atoms with Gasteiger partial charge in [-0.15, -0.1) is 0 Å². The molecule has 0 aliphatic carbocycles. The lowest BCUT2D eigenvalue weighted by Gasteiger charge is -2.41. The van der Waals surface area contributed by atoms with Crippen molar-refractivity contribution in [1.82, 2.24) is 34.5 Å². The van der Waals surface area contributed by atoms with Gasteiger partial charge in [0.15, 0.2) is 18.2 Å². The maximum atomic E-state index is 16.2. The van der Waals surface area contributed by atoms with E-state index in [1.54, 1.807) is 7.05 Å². The number of carbonyl (C=O) groups excluding carboxylic acids is 1. The Morgan fingerprint density at radius 2 is 1.79 bits per heavy atom. The first kappa shape index (κ1) is 42.1. The van der Waals surface area contributed by atoms with Crippen LogP contribution in [0.15, 0.2) is 35.3 Å². The second-order valence-corrected chi connectivity index (χ2v) is 17.8. The van der Waals surface area contributed by atoms with E-state index in [4.69, 9.17) is 16.3 Å². The number of benzene rings is 2. The average Bonchev–Trinajstić information content (AvgIpc) is 3.52. The Labute approximate surface area is 359 Å². The molecule has 62 heavy (non-hydrogen) atoms. The maximum absolute atomic E-state index is 16.2. The van der Waals surface area contributed by atoms with E-state index in [0.29, 0.717) is 65.3 Å². The van der Waals surface area contributed by atoms with Gasteiger partial charge >= 0.3 is 5.92 Å². The van der Waals surface area contributed by atoms with E-state index in [0.717, 1.165) is 49.5 Å². The van der Waals surface area contributed by atoms with E-state index >= 15 is 8.78 Å². The number of aryl methyl sites for hydroxylation is 2. The van der Waals surface area contributed by atoms with Crippen LogP contribution in [0, 0.1) is 23.5 Å². The fraction of sp³-hybridized carbons (Fsp3) is 0.512. The van der Waals surface area contributed by atoms with Gasteiger partial charge in [-0.3, -0.25) is 14.3 Å². The van der Waals surface area contributed by atoms with Crippen molar-refractivity contribution in [2.24, 2.45) is 25.9 Å². The van der Waals surface area contributed by atoms with Crippen molar-refractivity contribution in [3.8, 4) is 5.75 Å². The Hall–Kier alpha value is -5.20. The van der Waals surface area contributed by atoms with Gasteiger partial charge < -0.3 is 40.2 Å². The molecule has 9 rings (SSSR count). The maximum Gasteiger partial charge on any atom is 0.300 e. The SMILES string of the molecule is CC1Nc2c(c(=O)n(C)c3cc(F)c(Nc4nc(N5CCC(CN6CCC(c7ccc8c(C9CCC(O)NC9=O)nn(C)c8c7F)CC6)[C@@H](C)C5)ncc4Cl)cc23)OCC1(F)F. The number of hydrogen-bond donors (Lipinski definition) is 4. The Kier molecular flexibility index (Phi) is 11.0. The third kappa shape index (κ3) is 7.56. The minimum absolute atomic E-state index is 0.0343. The van der Waals surface area contributed by atoms with Crippen LogP contribution in [-0.4, -0.2) is 97.8 Å². The van der Waals surface area contributed by atoms with Crippen LogP contribution in [0.3, 0.4) is 0 Å². The molecule has 0 spiro atoms. The number of aliphatic hydroxyl groups excluding tert-OH is 1. The van der Waals surface area contributed by atoms with Crippen molar-refractivity contribution in [3.05, 3.63) is 68.7 Å². The van der Waals surface area contributed by atoms with Gasteiger partial charge in [0.2, 0.25) is 17.6 Å². The minimum Gasteiger partial charge on any atom is -0.480 e. The van der Waals surface area contributed by atoms with E-state index < -0.39 is 42.1 Å². The Morgan fingerprint density at radius 3 is 2.53 bits per heavy atom. The summed E-state index contributed by atoms with van der Waals surface area (Å²) in [6, 6.07) is 4.95. The molecule has 0 bridgehead atoms. The highest BCUT2D eigenvalue weighted by Crippen LogP contribution is 2.41. The van der Waals surface area contributed by atoms with Crippen molar-refractivity contribution >= 4 is 62.5 Å². The number of halogens is 5. The molecular weight excluding hydrogens is 832 g/mol. The summed E-state index contributed by atoms with van der Waals surface area (Å²) in [5.41, 5.74) is 1.14. The third-order valence-corrected chi connectivity index (χ3v) is 13.7. The summed E-state index contributed by atoms with van der Waals surface area (Å²) in [5.74, 6) is -4.04. The second kappa shape index (κ2) is 16.2. The monoisotopic (exact) mass is 880 g/mol. The number of hydrogen-bond acceptors (Lipinski definition) is 11. The molecule has 1 amide bonds. The lowest BCUT2D eigenvalue weighted by molar-refractivity contribution is -0.128. The number of aromatic nitrogens is 5. The van der Waals surface area contributed by atoms with Crippen LogP contribution in [0.1, 0.15) is 69.0 Å². The summed E-state index contributed by atoms with van der Waals surface area (Å²) >= 11 is 6.54. The van der Waals surface area contributed by atoms with Gasteiger partial charge in [0, 0.05) is 50.6 Å². The molecule has 19 heteroatoms. The number of rotatable bonds is 7. The molecule has 5 aromatic rings. The highest BCUT2D eigenvalue weighted by molar-refractivity contribution is 6.33. The fourth-order valence-electron chi connectivity index (χ4n) is 9.65. The highest BCUT2D eigenvalue weighted by atomic mass is 35.5. The third-order valence-electron chi connectivity index (χ3n) is 13.4. The van der Waals surface area contributed by atoms with Gasteiger partial charge in [0.25, 0.3) is 5.56 Å². The summed E-state index contributed by atoms with van der Waals surface area (Å²) in [5, 5.41) is 23.7. The number of piperidine rings is 3. The molecular formula is C43H49ClF4N10O4. The first-order valence-corrected chi connectivity index (χ1v) is 21.5. The summed E-state index contributed by atoms with van der Waals surface area (Å²) in [6.45, 7) is 6.47. The molecule has 3 fully saturated rings. The standard InChI is InChI=1S/C43H49ClF4N10O4/c1-21-18-58(42-49-17-29(44)39(53-42)51-31-15-28-32(16-30(31)45)55(3)41(61)38-36(28)50-22(2)43(47,48)20-62-38)14-11-24(21)19-57-12-9-23(10-13-57)25-5-6-26-35(54-56(4)37(26)34(25)46)27-7-8-33(59)52-40(27)60/h5-6,15-17,21-24,27,33,50,59H,7-14,18-20H2,1-4H3,(H,52,60)(H,49,51,53)/t21-,22?,24?,27?,33?/m0/s1. The quantitative estimate of drug-likeness (QED) is 0.135. The lowest BCUT2D eigenvalue weighted by atomic mass is 9.84. The van der Waals surface area contributed by atoms with E-state index in [-0.39, 0.29) is 57.0 Å². The molecule has 7 heterocycles. The summed E-state index contributed by atoms with van der Waals surface area (Å²) in [4.78, 5) is 39.5. The topological polar surface area (TPSA) is 155 Å². The van der Waals surface area contributed by atoms with Crippen LogP contribution < -0.4 is 31.1 Å². The molecule has 4 aliphatic heterocycles. The Balaban J connectivity index is 0.845. The normalized spacial score (nSPS) is 24.6. The van der Waals surface area contributed by atoms with Crippen molar-refractivity contribution in [1.29, 1.82) is 0 Å². The summed E-state index contributed by atoms with van der Waals surface area (Å²) in [6.07, 6.45) is 3.96. The number of nitrogens with one attached hydrogen (secondary N) is 3. The van der Waals surface area contributed by atoms with E-state index in [1.165, 1.54) is 30.9 Å². The van der Waals surface area contributed by atoms with E-state index in [1.807, 2.05) is 12.1 Å². The molecule has 4 N–H and O–H groups in total. The first-order chi connectivity index (χ1) is 29.6. The van der Waals surface area contributed by atoms with Crippen molar-refractivity contribution in [3.63, 3.8) is 0 Å². The number of nitrogens with zero attached hydrogens (tertiary/aromatic N) is 7. The molecule has 3 aromatic heterocycles. The zero-order chi connectivity index (χ0) is 43.8. The lowest BCUT2D eigenvalue weighted by Crippen LogP contribution is -2.45. The number of amides is 1. The predicted molar refractivity (Wildman–Crippen MR) is 228 cm³/mol. The van der Waals surface area contributed by atoms with Gasteiger partial charge in [-0.25, -0.2) is 22.5 Å². The van der Waals surface area contributed by atoms with Crippen molar-refractivity contribution in [2.45, 2.75) is 76.0 Å². The van der Waals surface area contributed by atoms with E-state index in [9.17, 15) is 23.5 Å². The molecule has 2 aromatic carbocycles. The number of fused-ring (bicyclic) bond motifs is 4. The van der Waals surface area contributed by atoms with Crippen LogP contribution >= 0.6 is 11.6 Å². The summed E-state index contributed by atoms with van der Waals surface area (Å²) in [7, 11) is 3.13. The van der Waals surface area contributed by atoms with Gasteiger partial charge in [-0.2, -0.15) is 10.1 Å². The molecule has 14 nitrogen and oxygen atoms in total. The molecule has 3 saturated heterocycles. The number of ether oxygens (including phenoxy) is 1. The van der Waals surface area contributed by atoms with Gasteiger partial charge in [0.05, 0.1) is 40.7 Å². The Morgan fingerprint density at radius 1 is 1.02 bits per heavy atom. The van der Waals surface area contributed by atoms with E-state index in [2.05, 4.69) is 47.7 Å². The van der Waals surface area contributed by atoms with Crippen LogP contribution in [0.5, 0.6) is 5.75 Å². The smallest absolute Gasteiger partial charge is 0.300 e. The molecule has 330 valence electrons. The Bertz CT molecular complexity index is 2640. The largest absolute Gasteiger partial charge is 0.480 e. The van der Waals surface area contributed by atoms with Crippen LogP contribution in [0.2, 0.25) is 5.02 Å². The van der Waals surface area contributed by atoms with Crippen LogP contribution in [-0.2, 0) is 18.9 Å².